The number of carbonyl (C=O) groups excluding carboxylic acids is 1. The summed E-state index contributed by atoms with van der Waals surface area (Å²) in [7, 11) is -1.33. The Bertz CT molecular complexity index is 488. The molecule has 3 heteroatoms. The first-order valence-electron chi connectivity index (χ1n) is 6.74. The molecule has 0 saturated heterocycles. The van der Waals surface area contributed by atoms with Crippen LogP contribution in [0.1, 0.15) is 30.9 Å². The highest BCUT2D eigenvalue weighted by Crippen LogP contribution is 2.15. The van der Waals surface area contributed by atoms with Gasteiger partial charge in [-0.3, -0.25) is 4.79 Å². The molecule has 1 rings (SSSR count). The van der Waals surface area contributed by atoms with Gasteiger partial charge in [-0.2, -0.15) is 0 Å². The molecular weight excluding hydrogens is 250 g/mol. The van der Waals surface area contributed by atoms with Gasteiger partial charge < -0.3 is 5.32 Å². The van der Waals surface area contributed by atoms with E-state index in [4.69, 9.17) is 0 Å². The highest BCUT2D eigenvalue weighted by Gasteiger charge is 2.13. The number of likely N-dealkylation sites (N-methyl/N-ethyl adjacent to an activating group) is 1. The molecule has 0 unspecified atom stereocenters. The summed E-state index contributed by atoms with van der Waals surface area (Å²) in [6.45, 7) is 11.2. The second kappa shape index (κ2) is 6.58. The second-order valence-electron chi connectivity index (χ2n) is 5.74. The van der Waals surface area contributed by atoms with Crippen LogP contribution >= 0.6 is 0 Å². The summed E-state index contributed by atoms with van der Waals surface area (Å²) in [5, 5.41) is 2.84. The molecule has 1 N–H and O–H groups in total. The van der Waals surface area contributed by atoms with Gasteiger partial charge in [0.05, 0.1) is 5.92 Å². The molecule has 0 aromatic heterocycles. The lowest BCUT2D eigenvalue weighted by Gasteiger charge is -2.11. The van der Waals surface area contributed by atoms with Gasteiger partial charge in [0.2, 0.25) is 5.91 Å². The van der Waals surface area contributed by atoms with Gasteiger partial charge in [0.15, 0.2) is 0 Å². The Balaban J connectivity index is 2.81. The lowest BCUT2D eigenvalue weighted by atomic mass is 9.99. The summed E-state index contributed by atoms with van der Waals surface area (Å²) < 4.78 is 0. The van der Waals surface area contributed by atoms with E-state index >= 15 is 0 Å². The Labute approximate surface area is 117 Å². The zero-order valence-electron chi connectivity index (χ0n) is 12.5. The van der Waals surface area contributed by atoms with Crippen molar-refractivity contribution in [3.8, 4) is 11.5 Å². The van der Waals surface area contributed by atoms with Crippen molar-refractivity contribution in [3.63, 3.8) is 0 Å². The first-order chi connectivity index (χ1) is 8.83. The van der Waals surface area contributed by atoms with Crippen LogP contribution in [0.15, 0.2) is 24.3 Å². The number of amides is 1. The zero-order valence-corrected chi connectivity index (χ0v) is 13.5. The number of hydrogen-bond acceptors (Lipinski definition) is 1. The molecule has 0 bridgehead atoms. The highest BCUT2D eigenvalue weighted by molar-refractivity contribution is 6.83. The molecule has 1 aromatic rings. The fourth-order valence-electron chi connectivity index (χ4n) is 1.59. The lowest BCUT2D eigenvalue weighted by molar-refractivity contribution is -0.122. The van der Waals surface area contributed by atoms with Crippen molar-refractivity contribution in [1.29, 1.82) is 0 Å². The molecule has 19 heavy (non-hydrogen) atoms. The van der Waals surface area contributed by atoms with Crippen LogP contribution in [0.3, 0.4) is 0 Å². The molecule has 0 radical (unpaired) electrons. The molecule has 0 saturated carbocycles. The molecule has 2 nitrogen and oxygen atoms in total. The maximum absolute atomic E-state index is 11.8. The van der Waals surface area contributed by atoms with Gasteiger partial charge >= 0.3 is 0 Å². The standard InChI is InChI=1S/C16H23NOSi/c1-6-17-16(18)13(2)15-9-7-14(8-10-15)11-12-19(3,4)5/h7-10,13H,6H2,1-5H3,(H,17,18)/t13-/m1/s1. The van der Waals surface area contributed by atoms with Crippen LogP contribution in [0.4, 0.5) is 0 Å². The van der Waals surface area contributed by atoms with Crippen LogP contribution in [0, 0.1) is 11.5 Å². The van der Waals surface area contributed by atoms with E-state index in [2.05, 4.69) is 36.4 Å². The van der Waals surface area contributed by atoms with Crippen molar-refractivity contribution in [1.82, 2.24) is 5.32 Å². The minimum absolute atomic E-state index is 0.0726. The average molecular weight is 273 g/mol. The minimum atomic E-state index is -1.33. The molecule has 0 heterocycles. The third-order valence-corrected chi connectivity index (χ3v) is 3.61. The van der Waals surface area contributed by atoms with Crippen molar-refractivity contribution in [2.45, 2.75) is 39.4 Å². The normalized spacial score (nSPS) is 12.3. The lowest BCUT2D eigenvalue weighted by Crippen LogP contribution is -2.27. The van der Waals surface area contributed by atoms with Crippen LogP contribution in [-0.4, -0.2) is 20.5 Å². The first-order valence-corrected chi connectivity index (χ1v) is 10.2. The fourth-order valence-corrected chi connectivity index (χ4v) is 2.11. The fraction of sp³-hybridized carbons (Fsp3) is 0.438. The first kappa shape index (κ1) is 15.5. The van der Waals surface area contributed by atoms with Crippen LogP contribution in [0.25, 0.3) is 0 Å². The Morgan fingerprint density at radius 2 is 1.84 bits per heavy atom. The van der Waals surface area contributed by atoms with Crippen LogP contribution in [0.2, 0.25) is 19.6 Å². The SMILES string of the molecule is CCNC(=O)[C@H](C)c1ccc(C#C[Si](C)(C)C)cc1. The molecule has 1 amide bonds. The summed E-state index contributed by atoms with van der Waals surface area (Å²) in [6, 6.07) is 7.98. The van der Waals surface area contributed by atoms with Gasteiger partial charge in [0.1, 0.15) is 8.07 Å². The van der Waals surface area contributed by atoms with Crippen molar-refractivity contribution >= 4 is 14.0 Å². The Morgan fingerprint density at radius 3 is 2.32 bits per heavy atom. The van der Waals surface area contributed by atoms with E-state index in [1.54, 1.807) is 0 Å². The molecule has 1 atom stereocenters. The van der Waals surface area contributed by atoms with Crippen molar-refractivity contribution < 1.29 is 4.79 Å². The van der Waals surface area contributed by atoms with E-state index in [-0.39, 0.29) is 11.8 Å². The summed E-state index contributed by atoms with van der Waals surface area (Å²) in [5.41, 5.74) is 5.39. The summed E-state index contributed by atoms with van der Waals surface area (Å²) in [5.74, 6) is 3.18. The number of benzene rings is 1. The molecule has 0 aliphatic carbocycles. The van der Waals surface area contributed by atoms with Crippen molar-refractivity contribution in [2.75, 3.05) is 6.54 Å². The van der Waals surface area contributed by atoms with Gasteiger partial charge in [-0.05, 0) is 31.5 Å². The molecule has 1 aromatic carbocycles. The third kappa shape index (κ3) is 5.31. The van der Waals surface area contributed by atoms with Gasteiger partial charge in [-0.1, -0.05) is 37.7 Å². The van der Waals surface area contributed by atoms with E-state index in [1.165, 1.54) is 0 Å². The second-order valence-corrected chi connectivity index (χ2v) is 10.5. The monoisotopic (exact) mass is 273 g/mol. The third-order valence-electron chi connectivity index (χ3n) is 2.74. The van der Waals surface area contributed by atoms with E-state index < -0.39 is 8.07 Å². The number of hydrogen-bond donors (Lipinski definition) is 1. The zero-order chi connectivity index (χ0) is 14.5. The molecular formula is C16H23NOSi. The van der Waals surface area contributed by atoms with Gasteiger partial charge in [0.25, 0.3) is 0 Å². The smallest absolute Gasteiger partial charge is 0.227 e. The van der Waals surface area contributed by atoms with Gasteiger partial charge in [0, 0.05) is 12.1 Å². The van der Waals surface area contributed by atoms with E-state index in [1.807, 2.05) is 38.1 Å². The minimum Gasteiger partial charge on any atom is -0.356 e. The van der Waals surface area contributed by atoms with E-state index in [0.29, 0.717) is 6.54 Å². The summed E-state index contributed by atoms with van der Waals surface area (Å²) >= 11 is 0. The van der Waals surface area contributed by atoms with Gasteiger partial charge in [-0.15, -0.1) is 5.54 Å². The molecule has 0 aliphatic heterocycles. The van der Waals surface area contributed by atoms with Crippen molar-refractivity contribution in [3.05, 3.63) is 35.4 Å². The Hall–Kier alpha value is -1.53. The van der Waals surface area contributed by atoms with Crippen LogP contribution < -0.4 is 5.32 Å². The quantitative estimate of drug-likeness (QED) is 0.665. The number of rotatable bonds is 3. The van der Waals surface area contributed by atoms with E-state index in [9.17, 15) is 4.79 Å². The van der Waals surface area contributed by atoms with Crippen LogP contribution in [-0.2, 0) is 4.79 Å². The maximum Gasteiger partial charge on any atom is 0.227 e. The predicted octanol–water partition coefficient (Wildman–Crippen LogP) is 3.16. The maximum atomic E-state index is 11.8. The van der Waals surface area contributed by atoms with Crippen molar-refractivity contribution in [2.24, 2.45) is 0 Å². The largest absolute Gasteiger partial charge is 0.356 e. The predicted molar refractivity (Wildman–Crippen MR) is 83.8 cm³/mol. The molecule has 0 spiro atoms. The van der Waals surface area contributed by atoms with Crippen LogP contribution in [0.5, 0.6) is 0 Å². The molecule has 0 fully saturated rings. The molecule has 102 valence electrons. The summed E-state index contributed by atoms with van der Waals surface area (Å²) in [6.07, 6.45) is 0. The number of nitrogens with one attached hydrogen (secondary N) is 1. The topological polar surface area (TPSA) is 29.1 Å². The summed E-state index contributed by atoms with van der Waals surface area (Å²) in [4.78, 5) is 11.8. The number of carbonyl (C=O) groups is 1. The highest BCUT2D eigenvalue weighted by atomic mass is 28.3. The Morgan fingerprint density at radius 1 is 1.26 bits per heavy atom. The van der Waals surface area contributed by atoms with Gasteiger partial charge in [-0.25, -0.2) is 0 Å². The average Bonchev–Trinajstić information content (AvgIpc) is 2.35. The van der Waals surface area contributed by atoms with E-state index in [0.717, 1.165) is 11.1 Å². The molecule has 0 aliphatic rings. The Kier molecular flexibility index (Phi) is 5.38.